The van der Waals surface area contributed by atoms with E-state index >= 15 is 0 Å². The van der Waals surface area contributed by atoms with Gasteiger partial charge in [-0.2, -0.15) is 0 Å². The van der Waals surface area contributed by atoms with Crippen LogP contribution >= 0.6 is 0 Å². The molecule has 0 atom stereocenters. The second-order valence-electron chi connectivity index (χ2n) is 3.55. The summed E-state index contributed by atoms with van der Waals surface area (Å²) in [5.41, 5.74) is 1.70. The molecule has 4 nitrogen and oxygen atoms in total. The first-order chi connectivity index (χ1) is 8.75. The minimum Gasteiger partial charge on any atom is -0.315 e. The molecule has 0 saturated heterocycles. The SMILES string of the molecule is O=[N+]([O-])c1ccc(C#CNc2ccccc2)cc1. The highest BCUT2D eigenvalue weighted by atomic mass is 16.6. The van der Waals surface area contributed by atoms with Gasteiger partial charge in [-0.1, -0.05) is 18.2 Å². The maximum absolute atomic E-state index is 10.5. The summed E-state index contributed by atoms with van der Waals surface area (Å²) in [7, 11) is 0. The van der Waals surface area contributed by atoms with Gasteiger partial charge in [-0.15, -0.1) is 0 Å². The molecule has 0 aliphatic carbocycles. The minimum absolute atomic E-state index is 0.0663. The fraction of sp³-hybridized carbons (Fsp3) is 0. The number of hydrogen-bond donors (Lipinski definition) is 1. The summed E-state index contributed by atoms with van der Waals surface area (Å²) >= 11 is 0. The maximum Gasteiger partial charge on any atom is 0.269 e. The van der Waals surface area contributed by atoms with E-state index in [0.717, 1.165) is 11.3 Å². The number of hydrogen-bond acceptors (Lipinski definition) is 3. The molecule has 0 fully saturated rings. The monoisotopic (exact) mass is 238 g/mol. The topological polar surface area (TPSA) is 55.2 Å². The first kappa shape index (κ1) is 11.7. The molecule has 0 saturated carbocycles. The highest BCUT2D eigenvalue weighted by Gasteiger charge is 2.01. The second-order valence-corrected chi connectivity index (χ2v) is 3.55. The molecule has 0 heterocycles. The minimum atomic E-state index is -0.431. The van der Waals surface area contributed by atoms with Gasteiger partial charge in [-0.05, 0) is 30.2 Å². The van der Waals surface area contributed by atoms with Gasteiger partial charge in [0.1, 0.15) is 0 Å². The number of anilines is 1. The van der Waals surface area contributed by atoms with Crippen molar-refractivity contribution in [2.45, 2.75) is 0 Å². The first-order valence-corrected chi connectivity index (χ1v) is 5.32. The van der Waals surface area contributed by atoms with Crippen LogP contribution in [0.15, 0.2) is 54.6 Å². The van der Waals surface area contributed by atoms with Gasteiger partial charge in [-0.25, -0.2) is 0 Å². The number of nitrogens with zero attached hydrogens (tertiary/aromatic N) is 1. The largest absolute Gasteiger partial charge is 0.315 e. The predicted molar refractivity (Wildman–Crippen MR) is 70.0 cm³/mol. The highest BCUT2D eigenvalue weighted by Crippen LogP contribution is 2.11. The van der Waals surface area contributed by atoms with Crippen LogP contribution in [0.1, 0.15) is 5.56 Å². The van der Waals surface area contributed by atoms with E-state index in [1.165, 1.54) is 12.1 Å². The average Bonchev–Trinajstić information content (AvgIpc) is 2.40. The summed E-state index contributed by atoms with van der Waals surface area (Å²) in [6.07, 6.45) is 0. The van der Waals surface area contributed by atoms with Crippen molar-refractivity contribution >= 4 is 11.4 Å². The van der Waals surface area contributed by atoms with Crippen LogP contribution in [0, 0.1) is 22.1 Å². The third-order valence-corrected chi connectivity index (χ3v) is 2.27. The molecule has 0 aliphatic rings. The quantitative estimate of drug-likeness (QED) is 0.378. The highest BCUT2D eigenvalue weighted by molar-refractivity contribution is 5.50. The summed E-state index contributed by atoms with van der Waals surface area (Å²) in [5.74, 6) is 2.88. The standard InChI is InChI=1S/C14H10N2O2/c17-16(18)14-8-6-12(7-9-14)10-11-15-13-4-2-1-3-5-13/h1-9,15H. The number of nitro groups is 1. The third-order valence-electron chi connectivity index (χ3n) is 2.27. The molecule has 88 valence electrons. The lowest BCUT2D eigenvalue weighted by molar-refractivity contribution is -0.384. The van der Waals surface area contributed by atoms with Crippen molar-refractivity contribution in [2.24, 2.45) is 0 Å². The fourth-order valence-electron chi connectivity index (χ4n) is 1.36. The van der Waals surface area contributed by atoms with Crippen LogP contribution in [0.25, 0.3) is 0 Å². The summed E-state index contributed by atoms with van der Waals surface area (Å²) in [4.78, 5) is 10.0. The van der Waals surface area contributed by atoms with E-state index in [2.05, 4.69) is 17.3 Å². The van der Waals surface area contributed by atoms with E-state index in [9.17, 15) is 10.1 Å². The lowest BCUT2D eigenvalue weighted by Gasteiger charge is -1.95. The number of nitrogens with one attached hydrogen (secondary N) is 1. The molecule has 0 bridgehead atoms. The molecular formula is C14H10N2O2. The van der Waals surface area contributed by atoms with Gasteiger partial charge >= 0.3 is 0 Å². The van der Waals surface area contributed by atoms with Gasteiger partial charge in [0.25, 0.3) is 5.69 Å². The van der Waals surface area contributed by atoms with Crippen LogP contribution < -0.4 is 5.32 Å². The summed E-state index contributed by atoms with van der Waals surface area (Å²) in [6.45, 7) is 0. The first-order valence-electron chi connectivity index (χ1n) is 5.32. The zero-order chi connectivity index (χ0) is 12.8. The Bertz CT molecular complexity index is 595. The van der Waals surface area contributed by atoms with Gasteiger partial charge in [0.2, 0.25) is 0 Å². The molecule has 0 spiro atoms. The molecular weight excluding hydrogens is 228 g/mol. The van der Waals surface area contributed by atoms with E-state index in [1.807, 2.05) is 30.3 Å². The molecule has 1 N–H and O–H groups in total. The number of benzene rings is 2. The summed E-state index contributed by atoms with van der Waals surface area (Å²) in [5, 5.41) is 13.4. The third kappa shape index (κ3) is 3.09. The van der Waals surface area contributed by atoms with E-state index < -0.39 is 4.92 Å². The molecule has 2 aromatic carbocycles. The van der Waals surface area contributed by atoms with E-state index in [4.69, 9.17) is 0 Å². The second kappa shape index (κ2) is 5.51. The van der Waals surface area contributed by atoms with Crippen molar-refractivity contribution < 1.29 is 4.92 Å². The fourth-order valence-corrected chi connectivity index (χ4v) is 1.36. The molecule has 0 aromatic heterocycles. The van der Waals surface area contributed by atoms with Gasteiger partial charge in [0.05, 0.1) is 4.92 Å². The number of rotatable bonds is 2. The zero-order valence-electron chi connectivity index (χ0n) is 9.46. The Hall–Kier alpha value is -2.80. The van der Waals surface area contributed by atoms with Crippen molar-refractivity contribution in [2.75, 3.05) is 5.32 Å². The van der Waals surface area contributed by atoms with Crippen molar-refractivity contribution in [3.8, 4) is 12.0 Å². The van der Waals surface area contributed by atoms with E-state index in [0.29, 0.717) is 0 Å². The van der Waals surface area contributed by atoms with Crippen molar-refractivity contribution in [3.63, 3.8) is 0 Å². The Labute approximate surface area is 104 Å². The Balaban J connectivity index is 2.04. The van der Waals surface area contributed by atoms with E-state index in [1.54, 1.807) is 12.1 Å². The molecule has 2 rings (SSSR count). The van der Waals surface area contributed by atoms with Crippen LogP contribution in [-0.2, 0) is 0 Å². The van der Waals surface area contributed by atoms with E-state index in [-0.39, 0.29) is 5.69 Å². The van der Waals surface area contributed by atoms with Gasteiger partial charge in [0, 0.05) is 29.4 Å². The lowest BCUT2D eigenvalue weighted by atomic mass is 10.2. The summed E-state index contributed by atoms with van der Waals surface area (Å²) in [6, 6.07) is 18.5. The Morgan fingerprint density at radius 2 is 1.67 bits per heavy atom. The molecule has 0 unspecified atom stereocenters. The molecule has 0 amide bonds. The predicted octanol–water partition coefficient (Wildman–Crippen LogP) is 3.02. The smallest absolute Gasteiger partial charge is 0.269 e. The molecule has 18 heavy (non-hydrogen) atoms. The molecule has 0 aliphatic heterocycles. The van der Waals surface area contributed by atoms with Crippen LogP contribution in [0.4, 0.5) is 11.4 Å². The van der Waals surface area contributed by atoms with Crippen LogP contribution in [-0.4, -0.2) is 4.92 Å². The zero-order valence-corrected chi connectivity index (χ0v) is 9.46. The number of para-hydroxylation sites is 1. The molecule has 0 radical (unpaired) electrons. The van der Waals surface area contributed by atoms with Crippen LogP contribution in [0.2, 0.25) is 0 Å². The number of nitro benzene ring substituents is 1. The Morgan fingerprint density at radius 3 is 2.28 bits per heavy atom. The van der Waals surface area contributed by atoms with Crippen LogP contribution in [0.5, 0.6) is 0 Å². The Kier molecular flexibility index (Phi) is 3.57. The Morgan fingerprint density at radius 1 is 1.00 bits per heavy atom. The lowest BCUT2D eigenvalue weighted by Crippen LogP contribution is -1.88. The van der Waals surface area contributed by atoms with Crippen molar-refractivity contribution in [1.82, 2.24) is 0 Å². The molecule has 4 heteroatoms. The summed E-state index contributed by atoms with van der Waals surface area (Å²) < 4.78 is 0. The number of non-ortho nitro benzene ring substituents is 1. The van der Waals surface area contributed by atoms with Crippen molar-refractivity contribution in [1.29, 1.82) is 0 Å². The van der Waals surface area contributed by atoms with Gasteiger partial charge in [0.15, 0.2) is 0 Å². The molecule has 2 aromatic rings. The van der Waals surface area contributed by atoms with Crippen molar-refractivity contribution in [3.05, 3.63) is 70.3 Å². The average molecular weight is 238 g/mol. The van der Waals surface area contributed by atoms with Gasteiger partial charge < -0.3 is 5.32 Å². The normalized spacial score (nSPS) is 9.11. The maximum atomic E-state index is 10.5. The van der Waals surface area contributed by atoms with Gasteiger partial charge in [-0.3, -0.25) is 10.1 Å². The van der Waals surface area contributed by atoms with Crippen LogP contribution in [0.3, 0.4) is 0 Å².